The number of ether oxygens (including phenoxy) is 3. The van der Waals surface area contributed by atoms with Gasteiger partial charge in [0.1, 0.15) is 0 Å². The van der Waals surface area contributed by atoms with Gasteiger partial charge in [-0.05, 0) is 42.8 Å². The Kier molecular flexibility index (Phi) is 5.18. The Hall–Kier alpha value is -2.93. The summed E-state index contributed by atoms with van der Waals surface area (Å²) in [4.78, 5) is 24.1. The molecule has 0 aliphatic carbocycles. The minimum absolute atomic E-state index is 0.120. The van der Waals surface area contributed by atoms with Gasteiger partial charge in [-0.25, -0.2) is 4.79 Å². The van der Waals surface area contributed by atoms with Crippen molar-refractivity contribution in [2.45, 2.75) is 13.0 Å². The molecule has 1 atom stereocenters. The molecular formula is C18H17ClN2O5. The molecule has 7 nitrogen and oxygen atoms in total. The summed E-state index contributed by atoms with van der Waals surface area (Å²) in [7, 11) is 0. The van der Waals surface area contributed by atoms with E-state index in [-0.39, 0.29) is 24.1 Å². The molecule has 2 aromatic rings. The van der Waals surface area contributed by atoms with E-state index in [9.17, 15) is 9.59 Å². The molecule has 1 amide bonds. The topological polar surface area (TPSA) is 99.9 Å². The summed E-state index contributed by atoms with van der Waals surface area (Å²) in [5.41, 5.74) is 6.91. The van der Waals surface area contributed by atoms with Gasteiger partial charge in [0.05, 0.1) is 11.6 Å². The number of rotatable bonds is 5. The lowest BCUT2D eigenvalue weighted by atomic mass is 10.1. The summed E-state index contributed by atoms with van der Waals surface area (Å²) in [6, 6.07) is 9.57. The molecule has 1 aliphatic rings. The van der Waals surface area contributed by atoms with Crippen LogP contribution in [0.2, 0.25) is 5.02 Å². The highest BCUT2D eigenvalue weighted by Gasteiger charge is 2.18. The molecule has 8 heteroatoms. The van der Waals surface area contributed by atoms with Gasteiger partial charge in [0, 0.05) is 10.7 Å². The monoisotopic (exact) mass is 376 g/mol. The van der Waals surface area contributed by atoms with Crippen LogP contribution in [0.1, 0.15) is 28.9 Å². The van der Waals surface area contributed by atoms with Crippen molar-refractivity contribution in [3.8, 4) is 11.5 Å². The number of hydrogen-bond donors (Lipinski definition) is 2. The highest BCUT2D eigenvalue weighted by molar-refractivity contribution is 6.31. The quantitative estimate of drug-likeness (QED) is 0.614. The Morgan fingerprint density at radius 2 is 2.00 bits per heavy atom. The molecule has 26 heavy (non-hydrogen) atoms. The Balaban J connectivity index is 1.55. The van der Waals surface area contributed by atoms with Gasteiger partial charge in [-0.2, -0.15) is 0 Å². The molecule has 0 bridgehead atoms. The van der Waals surface area contributed by atoms with Crippen molar-refractivity contribution in [3.63, 3.8) is 0 Å². The van der Waals surface area contributed by atoms with Crippen LogP contribution in [-0.4, -0.2) is 25.3 Å². The van der Waals surface area contributed by atoms with Crippen LogP contribution in [0.25, 0.3) is 0 Å². The van der Waals surface area contributed by atoms with Crippen LogP contribution in [-0.2, 0) is 9.53 Å². The second-order valence-corrected chi connectivity index (χ2v) is 6.15. The molecule has 0 saturated carbocycles. The number of carbonyl (C=O) groups is 2. The van der Waals surface area contributed by atoms with Crippen molar-refractivity contribution in [2.24, 2.45) is 0 Å². The first-order valence-electron chi connectivity index (χ1n) is 7.85. The molecule has 0 aromatic heterocycles. The zero-order chi connectivity index (χ0) is 18.7. The lowest BCUT2D eigenvalue weighted by Crippen LogP contribution is -2.31. The Morgan fingerprint density at radius 3 is 2.81 bits per heavy atom. The third-order valence-electron chi connectivity index (χ3n) is 3.84. The Labute approximate surface area is 155 Å². The van der Waals surface area contributed by atoms with Gasteiger partial charge in [0.2, 0.25) is 6.79 Å². The predicted octanol–water partition coefficient (Wildman–Crippen LogP) is 2.69. The van der Waals surface area contributed by atoms with E-state index in [1.165, 1.54) is 12.1 Å². The molecule has 0 spiro atoms. The molecule has 0 fully saturated rings. The molecule has 2 aromatic carbocycles. The highest BCUT2D eigenvalue weighted by Crippen LogP contribution is 2.34. The summed E-state index contributed by atoms with van der Waals surface area (Å²) in [6.45, 7) is 1.56. The smallest absolute Gasteiger partial charge is 0.340 e. The number of halogens is 1. The van der Waals surface area contributed by atoms with Gasteiger partial charge >= 0.3 is 5.97 Å². The zero-order valence-corrected chi connectivity index (χ0v) is 14.7. The van der Waals surface area contributed by atoms with Crippen molar-refractivity contribution in [2.75, 3.05) is 19.1 Å². The molecule has 136 valence electrons. The fourth-order valence-corrected chi connectivity index (χ4v) is 2.64. The lowest BCUT2D eigenvalue weighted by Gasteiger charge is -2.15. The van der Waals surface area contributed by atoms with Crippen molar-refractivity contribution >= 4 is 29.2 Å². The third kappa shape index (κ3) is 4.00. The maximum Gasteiger partial charge on any atom is 0.340 e. The number of nitrogens with one attached hydrogen (secondary N) is 1. The SMILES string of the molecule is C[C@H](NC(=O)COC(=O)c1cc(Cl)ccc1N)c1ccc2c(c1)OCO2. The Bertz CT molecular complexity index is 855. The van der Waals surface area contributed by atoms with Gasteiger partial charge in [0.25, 0.3) is 5.91 Å². The molecule has 3 rings (SSSR count). The van der Waals surface area contributed by atoms with Gasteiger partial charge in [0.15, 0.2) is 18.1 Å². The van der Waals surface area contributed by atoms with Crippen molar-refractivity contribution in [3.05, 3.63) is 52.5 Å². The van der Waals surface area contributed by atoms with E-state index in [1.54, 1.807) is 18.2 Å². The van der Waals surface area contributed by atoms with Gasteiger partial charge in [-0.3, -0.25) is 4.79 Å². The number of nitrogen functional groups attached to an aromatic ring is 1. The van der Waals surface area contributed by atoms with Crippen molar-refractivity contribution in [1.29, 1.82) is 0 Å². The minimum atomic E-state index is -0.712. The van der Waals surface area contributed by atoms with Gasteiger partial charge < -0.3 is 25.3 Å². The first kappa shape index (κ1) is 17.9. The molecule has 3 N–H and O–H groups in total. The summed E-state index contributed by atoms with van der Waals surface area (Å²) in [6.07, 6.45) is 0. The molecule has 1 aliphatic heterocycles. The first-order valence-corrected chi connectivity index (χ1v) is 8.23. The number of esters is 1. The van der Waals surface area contributed by atoms with Crippen LogP contribution >= 0.6 is 11.6 Å². The predicted molar refractivity (Wildman–Crippen MR) is 95.3 cm³/mol. The van der Waals surface area contributed by atoms with E-state index < -0.39 is 18.5 Å². The van der Waals surface area contributed by atoms with E-state index in [0.717, 1.165) is 5.56 Å². The number of carbonyl (C=O) groups excluding carboxylic acids is 2. The molecule has 1 heterocycles. The zero-order valence-electron chi connectivity index (χ0n) is 14.0. The number of nitrogens with two attached hydrogens (primary N) is 1. The van der Waals surface area contributed by atoms with Crippen molar-refractivity contribution < 1.29 is 23.8 Å². The van der Waals surface area contributed by atoms with E-state index in [1.807, 2.05) is 13.0 Å². The maximum atomic E-state index is 12.0. The van der Waals surface area contributed by atoms with E-state index >= 15 is 0 Å². The first-order chi connectivity index (χ1) is 12.4. The molecule has 0 saturated heterocycles. The van der Waals surface area contributed by atoms with Crippen molar-refractivity contribution in [1.82, 2.24) is 5.32 Å². The largest absolute Gasteiger partial charge is 0.454 e. The normalized spacial score (nSPS) is 13.2. The van der Waals surface area contributed by atoms with Gasteiger partial charge in [-0.15, -0.1) is 0 Å². The van der Waals surface area contributed by atoms with Crippen LogP contribution in [0.15, 0.2) is 36.4 Å². The van der Waals surface area contributed by atoms with E-state index in [2.05, 4.69) is 5.32 Å². The number of amides is 1. The standard InChI is InChI=1S/C18H17ClN2O5/c1-10(11-2-5-15-16(6-11)26-9-25-15)21-17(22)8-24-18(23)13-7-12(19)3-4-14(13)20/h2-7,10H,8-9,20H2,1H3,(H,21,22)/t10-/m0/s1. The Morgan fingerprint density at radius 1 is 1.23 bits per heavy atom. The molecule has 0 radical (unpaired) electrons. The fraction of sp³-hybridized carbons (Fsp3) is 0.222. The maximum absolute atomic E-state index is 12.0. The second kappa shape index (κ2) is 7.53. The summed E-state index contributed by atoms with van der Waals surface area (Å²) < 4.78 is 15.6. The van der Waals surface area contributed by atoms with E-state index in [0.29, 0.717) is 16.5 Å². The average Bonchev–Trinajstić information content (AvgIpc) is 3.09. The molecular weight excluding hydrogens is 360 g/mol. The third-order valence-corrected chi connectivity index (χ3v) is 4.08. The average molecular weight is 377 g/mol. The highest BCUT2D eigenvalue weighted by atomic mass is 35.5. The number of hydrogen-bond acceptors (Lipinski definition) is 6. The van der Waals surface area contributed by atoms with Crippen LogP contribution in [0.4, 0.5) is 5.69 Å². The van der Waals surface area contributed by atoms with Crippen LogP contribution in [0, 0.1) is 0 Å². The van der Waals surface area contributed by atoms with E-state index in [4.69, 9.17) is 31.5 Å². The van der Waals surface area contributed by atoms with Crippen LogP contribution in [0.5, 0.6) is 11.5 Å². The molecule has 0 unspecified atom stereocenters. The minimum Gasteiger partial charge on any atom is -0.454 e. The van der Waals surface area contributed by atoms with Crippen LogP contribution in [0.3, 0.4) is 0 Å². The second-order valence-electron chi connectivity index (χ2n) is 5.71. The number of benzene rings is 2. The summed E-state index contributed by atoms with van der Waals surface area (Å²) in [5, 5.41) is 3.10. The number of fused-ring (bicyclic) bond motifs is 1. The van der Waals surface area contributed by atoms with Crippen LogP contribution < -0.4 is 20.5 Å². The lowest BCUT2D eigenvalue weighted by molar-refractivity contribution is -0.124. The summed E-state index contributed by atoms with van der Waals surface area (Å²) >= 11 is 5.84. The fourth-order valence-electron chi connectivity index (χ4n) is 2.46. The summed E-state index contributed by atoms with van der Waals surface area (Å²) in [5.74, 6) is 0.145. The van der Waals surface area contributed by atoms with Gasteiger partial charge in [-0.1, -0.05) is 17.7 Å². The number of anilines is 1.